The molecule has 0 spiro atoms. The van der Waals surface area contributed by atoms with Gasteiger partial charge in [-0.2, -0.15) is 0 Å². The monoisotopic (exact) mass is 221 g/mol. The van der Waals surface area contributed by atoms with E-state index in [2.05, 4.69) is 16.4 Å². The molecule has 0 fully saturated rings. The van der Waals surface area contributed by atoms with Gasteiger partial charge in [-0.05, 0) is 13.8 Å². The summed E-state index contributed by atoms with van der Waals surface area (Å²) >= 11 is 0. The Hall–Kier alpha value is -1.80. The third-order valence-electron chi connectivity index (χ3n) is 2.30. The summed E-state index contributed by atoms with van der Waals surface area (Å²) in [6.45, 7) is 3.97. The number of nitrogens with two attached hydrogens (primary N) is 1. The van der Waals surface area contributed by atoms with E-state index in [1.54, 1.807) is 6.92 Å². The predicted molar refractivity (Wildman–Crippen MR) is 59.2 cm³/mol. The van der Waals surface area contributed by atoms with Crippen molar-refractivity contribution in [2.45, 2.75) is 32.9 Å². The number of rotatable bonds is 4. The summed E-state index contributed by atoms with van der Waals surface area (Å²) in [5.74, 6) is 2.78. The summed E-state index contributed by atoms with van der Waals surface area (Å²) in [7, 11) is 0. The standard InChI is InChI=1S/C11H15N3O2/c1-4-5-10(12)11(15)13-6-9-7(2)14-16-8(9)3/h1,10H,5-6,12H2,2-3H3,(H,13,15). The van der Waals surface area contributed by atoms with Crippen molar-refractivity contribution in [1.82, 2.24) is 10.5 Å². The lowest BCUT2D eigenvalue weighted by atomic mass is 10.2. The molecule has 0 aliphatic rings. The van der Waals surface area contributed by atoms with Crippen LogP contribution >= 0.6 is 0 Å². The maximum absolute atomic E-state index is 11.5. The number of amides is 1. The Morgan fingerprint density at radius 1 is 1.69 bits per heavy atom. The van der Waals surface area contributed by atoms with Crippen LogP contribution in [0, 0.1) is 26.2 Å². The van der Waals surface area contributed by atoms with Crippen molar-refractivity contribution in [2.75, 3.05) is 0 Å². The zero-order valence-corrected chi connectivity index (χ0v) is 9.41. The number of nitrogens with one attached hydrogen (secondary N) is 1. The number of carbonyl (C=O) groups is 1. The van der Waals surface area contributed by atoms with Gasteiger partial charge in [0.05, 0.1) is 11.7 Å². The lowest BCUT2D eigenvalue weighted by Crippen LogP contribution is -2.40. The van der Waals surface area contributed by atoms with E-state index in [0.29, 0.717) is 12.3 Å². The van der Waals surface area contributed by atoms with Crippen LogP contribution in [0.4, 0.5) is 0 Å². The maximum atomic E-state index is 11.5. The van der Waals surface area contributed by atoms with Crippen LogP contribution in [0.25, 0.3) is 0 Å². The number of aromatic nitrogens is 1. The smallest absolute Gasteiger partial charge is 0.238 e. The summed E-state index contributed by atoms with van der Waals surface area (Å²) in [5, 5.41) is 6.48. The number of carbonyl (C=O) groups excluding carboxylic acids is 1. The van der Waals surface area contributed by atoms with Gasteiger partial charge in [0.15, 0.2) is 0 Å². The van der Waals surface area contributed by atoms with E-state index >= 15 is 0 Å². The van der Waals surface area contributed by atoms with Gasteiger partial charge in [0.2, 0.25) is 5.91 Å². The Bertz CT molecular complexity index is 398. The molecule has 0 saturated heterocycles. The molecule has 1 aromatic heterocycles. The molecule has 0 saturated carbocycles. The van der Waals surface area contributed by atoms with Crippen LogP contribution in [0.2, 0.25) is 0 Å². The molecule has 1 unspecified atom stereocenters. The molecule has 5 nitrogen and oxygen atoms in total. The van der Waals surface area contributed by atoms with Crippen molar-refractivity contribution < 1.29 is 9.32 Å². The van der Waals surface area contributed by atoms with Gasteiger partial charge in [-0.1, -0.05) is 5.16 Å². The van der Waals surface area contributed by atoms with Crippen molar-refractivity contribution in [3.8, 4) is 12.3 Å². The minimum absolute atomic E-state index is 0.230. The SMILES string of the molecule is C#CCC(N)C(=O)NCc1c(C)noc1C. The predicted octanol–water partition coefficient (Wildman–Crippen LogP) is 0.258. The van der Waals surface area contributed by atoms with E-state index in [4.69, 9.17) is 16.7 Å². The average Bonchev–Trinajstić information content (AvgIpc) is 2.56. The summed E-state index contributed by atoms with van der Waals surface area (Å²) in [5.41, 5.74) is 7.19. The zero-order valence-electron chi connectivity index (χ0n) is 9.41. The Labute approximate surface area is 94.4 Å². The molecule has 1 atom stereocenters. The van der Waals surface area contributed by atoms with Gasteiger partial charge in [0.1, 0.15) is 5.76 Å². The minimum Gasteiger partial charge on any atom is -0.361 e. The van der Waals surface area contributed by atoms with Crippen LogP contribution in [0.3, 0.4) is 0 Å². The average molecular weight is 221 g/mol. The molecular formula is C11H15N3O2. The second-order valence-electron chi connectivity index (χ2n) is 3.54. The minimum atomic E-state index is -0.662. The molecule has 86 valence electrons. The molecule has 16 heavy (non-hydrogen) atoms. The van der Waals surface area contributed by atoms with Crippen LogP contribution in [0.15, 0.2) is 4.52 Å². The molecule has 0 aliphatic heterocycles. The lowest BCUT2D eigenvalue weighted by molar-refractivity contribution is -0.122. The van der Waals surface area contributed by atoms with Gasteiger partial charge in [0.25, 0.3) is 0 Å². The van der Waals surface area contributed by atoms with Crippen molar-refractivity contribution in [2.24, 2.45) is 5.73 Å². The first-order valence-corrected chi connectivity index (χ1v) is 4.94. The number of hydrogen-bond donors (Lipinski definition) is 2. The molecular weight excluding hydrogens is 206 g/mol. The van der Waals surface area contributed by atoms with E-state index in [9.17, 15) is 4.79 Å². The van der Waals surface area contributed by atoms with E-state index in [1.807, 2.05) is 6.92 Å². The van der Waals surface area contributed by atoms with Gasteiger partial charge >= 0.3 is 0 Å². The fourth-order valence-electron chi connectivity index (χ4n) is 1.28. The van der Waals surface area contributed by atoms with E-state index in [-0.39, 0.29) is 12.3 Å². The highest BCUT2D eigenvalue weighted by Crippen LogP contribution is 2.11. The number of terminal acetylenes is 1. The molecule has 5 heteroatoms. The van der Waals surface area contributed by atoms with Crippen molar-refractivity contribution in [3.05, 3.63) is 17.0 Å². The summed E-state index contributed by atoms with van der Waals surface area (Å²) in [6, 6.07) is -0.662. The fraction of sp³-hybridized carbons (Fsp3) is 0.455. The first kappa shape index (κ1) is 12.3. The Morgan fingerprint density at radius 3 is 2.88 bits per heavy atom. The molecule has 0 radical (unpaired) electrons. The van der Waals surface area contributed by atoms with Gasteiger partial charge < -0.3 is 15.6 Å². The van der Waals surface area contributed by atoms with Gasteiger partial charge in [0, 0.05) is 18.5 Å². The third-order valence-corrected chi connectivity index (χ3v) is 2.30. The molecule has 1 aromatic rings. The molecule has 0 aliphatic carbocycles. The van der Waals surface area contributed by atoms with Crippen LogP contribution in [0.5, 0.6) is 0 Å². The normalized spacial score (nSPS) is 11.9. The highest BCUT2D eigenvalue weighted by atomic mass is 16.5. The molecule has 1 amide bonds. The highest BCUT2D eigenvalue weighted by Gasteiger charge is 2.14. The second kappa shape index (κ2) is 5.33. The van der Waals surface area contributed by atoms with Crippen LogP contribution < -0.4 is 11.1 Å². The van der Waals surface area contributed by atoms with Crippen LogP contribution in [-0.4, -0.2) is 17.1 Å². The van der Waals surface area contributed by atoms with Crippen LogP contribution in [-0.2, 0) is 11.3 Å². The quantitative estimate of drug-likeness (QED) is 0.714. The third kappa shape index (κ3) is 2.84. The van der Waals surface area contributed by atoms with E-state index < -0.39 is 6.04 Å². The fourth-order valence-corrected chi connectivity index (χ4v) is 1.28. The van der Waals surface area contributed by atoms with E-state index in [1.165, 1.54) is 0 Å². The molecule has 1 rings (SSSR count). The largest absolute Gasteiger partial charge is 0.361 e. The van der Waals surface area contributed by atoms with Crippen molar-refractivity contribution >= 4 is 5.91 Å². The Balaban J connectivity index is 2.53. The highest BCUT2D eigenvalue weighted by molar-refractivity contribution is 5.81. The van der Waals surface area contributed by atoms with Gasteiger partial charge in [-0.15, -0.1) is 12.3 Å². The number of hydrogen-bond acceptors (Lipinski definition) is 4. The molecule has 1 heterocycles. The number of nitrogens with zero attached hydrogens (tertiary/aromatic N) is 1. The maximum Gasteiger partial charge on any atom is 0.238 e. The molecule has 0 aromatic carbocycles. The van der Waals surface area contributed by atoms with Crippen LogP contribution in [0.1, 0.15) is 23.4 Å². The Morgan fingerprint density at radius 2 is 2.38 bits per heavy atom. The van der Waals surface area contributed by atoms with E-state index in [0.717, 1.165) is 11.3 Å². The molecule has 3 N–H and O–H groups in total. The van der Waals surface area contributed by atoms with Gasteiger partial charge in [-0.25, -0.2) is 0 Å². The number of aryl methyl sites for hydroxylation is 2. The van der Waals surface area contributed by atoms with Gasteiger partial charge in [-0.3, -0.25) is 4.79 Å². The first-order valence-electron chi connectivity index (χ1n) is 4.94. The zero-order chi connectivity index (χ0) is 12.1. The Kier molecular flexibility index (Phi) is 4.09. The van der Waals surface area contributed by atoms with Crippen molar-refractivity contribution in [3.63, 3.8) is 0 Å². The van der Waals surface area contributed by atoms with Crippen molar-refractivity contribution in [1.29, 1.82) is 0 Å². The summed E-state index contributed by atoms with van der Waals surface area (Å²) < 4.78 is 4.97. The lowest BCUT2D eigenvalue weighted by Gasteiger charge is -2.09. The second-order valence-corrected chi connectivity index (χ2v) is 3.54. The first-order chi connectivity index (χ1) is 7.56. The molecule has 0 bridgehead atoms. The summed E-state index contributed by atoms with van der Waals surface area (Å²) in [4.78, 5) is 11.5. The topological polar surface area (TPSA) is 81.2 Å². The summed E-state index contributed by atoms with van der Waals surface area (Å²) in [6.07, 6.45) is 5.30.